The summed E-state index contributed by atoms with van der Waals surface area (Å²) in [5.74, 6) is 0. The lowest BCUT2D eigenvalue weighted by molar-refractivity contribution is 0.182. The summed E-state index contributed by atoms with van der Waals surface area (Å²) in [5, 5.41) is 13.2. The Hall–Kier alpha value is -1.52. The van der Waals surface area contributed by atoms with Crippen LogP contribution in [0.25, 0.3) is 10.9 Å². The standard InChI is InChI=1S/C14H18N4/c1-11(18-8-6-15-7-9-18)14-10-12-4-2-3-5-13(12)16-17-14/h2-5,10-11,15H,6-9H2,1H3. The van der Waals surface area contributed by atoms with Gasteiger partial charge in [0.1, 0.15) is 0 Å². The molecule has 94 valence electrons. The number of nitrogens with one attached hydrogen (secondary N) is 1. The van der Waals surface area contributed by atoms with E-state index in [-0.39, 0.29) is 0 Å². The van der Waals surface area contributed by atoms with Crippen LogP contribution >= 0.6 is 0 Å². The molecule has 2 aromatic rings. The average Bonchev–Trinajstić information content (AvgIpc) is 2.47. The third-order valence-corrected chi connectivity index (χ3v) is 3.64. The number of hydrogen-bond acceptors (Lipinski definition) is 4. The molecule has 0 radical (unpaired) electrons. The van der Waals surface area contributed by atoms with Gasteiger partial charge >= 0.3 is 0 Å². The van der Waals surface area contributed by atoms with Crippen LogP contribution in [0.4, 0.5) is 0 Å². The van der Waals surface area contributed by atoms with Crippen LogP contribution in [0.2, 0.25) is 0 Å². The van der Waals surface area contributed by atoms with Gasteiger partial charge < -0.3 is 5.32 Å². The molecule has 3 rings (SSSR count). The fourth-order valence-corrected chi connectivity index (χ4v) is 2.46. The van der Waals surface area contributed by atoms with Crippen LogP contribution in [0.15, 0.2) is 30.3 Å². The van der Waals surface area contributed by atoms with E-state index < -0.39 is 0 Å². The molecule has 0 saturated carbocycles. The van der Waals surface area contributed by atoms with Crippen molar-refractivity contribution in [3.05, 3.63) is 36.0 Å². The Morgan fingerprint density at radius 2 is 1.94 bits per heavy atom. The van der Waals surface area contributed by atoms with E-state index in [9.17, 15) is 0 Å². The second-order valence-corrected chi connectivity index (χ2v) is 4.79. The van der Waals surface area contributed by atoms with Gasteiger partial charge in [-0.3, -0.25) is 4.90 Å². The Kier molecular flexibility index (Phi) is 3.21. The van der Waals surface area contributed by atoms with Crippen LogP contribution < -0.4 is 5.32 Å². The summed E-state index contributed by atoms with van der Waals surface area (Å²) in [7, 11) is 0. The van der Waals surface area contributed by atoms with Crippen LogP contribution in [0, 0.1) is 0 Å². The first-order valence-electron chi connectivity index (χ1n) is 6.52. The average molecular weight is 242 g/mol. The third kappa shape index (κ3) is 2.21. The van der Waals surface area contributed by atoms with Crippen molar-refractivity contribution in [2.45, 2.75) is 13.0 Å². The minimum atomic E-state index is 0.337. The molecule has 1 fully saturated rings. The first kappa shape index (κ1) is 11.6. The van der Waals surface area contributed by atoms with Crippen molar-refractivity contribution in [2.75, 3.05) is 26.2 Å². The molecule has 1 saturated heterocycles. The summed E-state index contributed by atoms with van der Waals surface area (Å²) in [6, 6.07) is 10.6. The minimum absolute atomic E-state index is 0.337. The summed E-state index contributed by atoms with van der Waals surface area (Å²) in [4.78, 5) is 2.45. The van der Waals surface area contributed by atoms with Gasteiger partial charge in [-0.25, -0.2) is 0 Å². The van der Waals surface area contributed by atoms with E-state index in [1.807, 2.05) is 18.2 Å². The second kappa shape index (κ2) is 5.00. The number of nitrogens with zero attached hydrogens (tertiary/aromatic N) is 3. The molecule has 4 nitrogen and oxygen atoms in total. The molecule has 1 aromatic carbocycles. The maximum atomic E-state index is 4.37. The lowest BCUT2D eigenvalue weighted by atomic mass is 10.1. The van der Waals surface area contributed by atoms with Crippen LogP contribution in [0.3, 0.4) is 0 Å². The van der Waals surface area contributed by atoms with E-state index in [0.29, 0.717) is 6.04 Å². The molecule has 0 spiro atoms. The molecular formula is C14H18N4. The van der Waals surface area contributed by atoms with Gasteiger partial charge in [0, 0.05) is 31.6 Å². The molecule has 1 unspecified atom stereocenters. The summed E-state index contributed by atoms with van der Waals surface area (Å²) in [6.07, 6.45) is 0. The first-order chi connectivity index (χ1) is 8.84. The van der Waals surface area contributed by atoms with Gasteiger partial charge in [-0.2, -0.15) is 10.2 Å². The first-order valence-corrected chi connectivity index (χ1v) is 6.52. The van der Waals surface area contributed by atoms with Gasteiger partial charge in [-0.15, -0.1) is 0 Å². The Morgan fingerprint density at radius 1 is 1.17 bits per heavy atom. The SMILES string of the molecule is CC(c1cc2ccccc2nn1)N1CCNCC1. The van der Waals surface area contributed by atoms with Gasteiger partial charge in [0.05, 0.1) is 17.3 Å². The van der Waals surface area contributed by atoms with Gasteiger partial charge in [-0.05, 0) is 19.1 Å². The zero-order valence-corrected chi connectivity index (χ0v) is 10.6. The number of aromatic nitrogens is 2. The Bertz CT molecular complexity index is 534. The third-order valence-electron chi connectivity index (χ3n) is 3.64. The van der Waals surface area contributed by atoms with Gasteiger partial charge in [0.2, 0.25) is 0 Å². The zero-order chi connectivity index (χ0) is 12.4. The lowest BCUT2D eigenvalue weighted by Crippen LogP contribution is -2.44. The molecule has 1 atom stereocenters. The van der Waals surface area contributed by atoms with Gasteiger partial charge in [0.15, 0.2) is 0 Å². The Labute approximate surface area is 107 Å². The van der Waals surface area contributed by atoms with Crippen LogP contribution in [-0.2, 0) is 0 Å². The number of rotatable bonds is 2. The predicted molar refractivity (Wildman–Crippen MR) is 72.4 cm³/mol. The van der Waals surface area contributed by atoms with Gasteiger partial charge in [-0.1, -0.05) is 18.2 Å². The van der Waals surface area contributed by atoms with Gasteiger partial charge in [0.25, 0.3) is 0 Å². The minimum Gasteiger partial charge on any atom is -0.314 e. The Morgan fingerprint density at radius 3 is 2.78 bits per heavy atom. The molecule has 1 aliphatic heterocycles. The number of benzene rings is 1. The van der Waals surface area contributed by atoms with Crippen molar-refractivity contribution in [3.8, 4) is 0 Å². The molecule has 1 aromatic heterocycles. The molecule has 0 aliphatic carbocycles. The molecule has 1 N–H and O–H groups in total. The molecule has 2 heterocycles. The highest BCUT2D eigenvalue weighted by atomic mass is 15.2. The van der Waals surface area contributed by atoms with Crippen molar-refractivity contribution in [1.82, 2.24) is 20.4 Å². The molecule has 4 heteroatoms. The van der Waals surface area contributed by atoms with Crippen LogP contribution in [0.5, 0.6) is 0 Å². The highest BCUT2D eigenvalue weighted by Crippen LogP contribution is 2.20. The molecule has 18 heavy (non-hydrogen) atoms. The maximum absolute atomic E-state index is 4.37. The molecule has 0 bridgehead atoms. The van der Waals surface area contributed by atoms with E-state index in [2.05, 4.69) is 39.5 Å². The van der Waals surface area contributed by atoms with Crippen molar-refractivity contribution in [2.24, 2.45) is 0 Å². The lowest BCUT2D eigenvalue weighted by Gasteiger charge is -2.32. The highest BCUT2D eigenvalue weighted by Gasteiger charge is 2.19. The summed E-state index contributed by atoms with van der Waals surface area (Å²) < 4.78 is 0. The van der Waals surface area contributed by atoms with Crippen LogP contribution in [0.1, 0.15) is 18.7 Å². The monoisotopic (exact) mass is 242 g/mol. The van der Waals surface area contributed by atoms with E-state index in [0.717, 1.165) is 37.4 Å². The smallest absolute Gasteiger partial charge is 0.0929 e. The van der Waals surface area contributed by atoms with Crippen molar-refractivity contribution < 1.29 is 0 Å². The van der Waals surface area contributed by atoms with E-state index in [4.69, 9.17) is 0 Å². The molecular weight excluding hydrogens is 224 g/mol. The fraction of sp³-hybridized carbons (Fsp3) is 0.429. The topological polar surface area (TPSA) is 41.1 Å². The van der Waals surface area contributed by atoms with Crippen molar-refractivity contribution in [3.63, 3.8) is 0 Å². The summed E-state index contributed by atoms with van der Waals surface area (Å²) >= 11 is 0. The van der Waals surface area contributed by atoms with Crippen LogP contribution in [-0.4, -0.2) is 41.3 Å². The maximum Gasteiger partial charge on any atom is 0.0929 e. The quantitative estimate of drug-likeness (QED) is 0.868. The second-order valence-electron chi connectivity index (χ2n) is 4.79. The molecule has 1 aliphatic rings. The largest absolute Gasteiger partial charge is 0.314 e. The van der Waals surface area contributed by atoms with E-state index in [1.54, 1.807) is 0 Å². The summed E-state index contributed by atoms with van der Waals surface area (Å²) in [5.41, 5.74) is 2.03. The van der Waals surface area contributed by atoms with Crippen molar-refractivity contribution in [1.29, 1.82) is 0 Å². The highest BCUT2D eigenvalue weighted by molar-refractivity contribution is 5.77. The normalized spacial score (nSPS) is 18.9. The zero-order valence-electron chi connectivity index (χ0n) is 10.6. The molecule has 0 amide bonds. The fourth-order valence-electron chi connectivity index (χ4n) is 2.46. The number of fused-ring (bicyclic) bond motifs is 1. The number of hydrogen-bond donors (Lipinski definition) is 1. The predicted octanol–water partition coefficient (Wildman–Crippen LogP) is 1.60. The number of piperazine rings is 1. The van der Waals surface area contributed by atoms with E-state index in [1.165, 1.54) is 5.39 Å². The van der Waals surface area contributed by atoms with Crippen molar-refractivity contribution >= 4 is 10.9 Å². The van der Waals surface area contributed by atoms with E-state index >= 15 is 0 Å². The summed E-state index contributed by atoms with van der Waals surface area (Å²) in [6.45, 7) is 6.49. The Balaban J connectivity index is 1.88.